The van der Waals surface area contributed by atoms with Crippen molar-refractivity contribution in [2.24, 2.45) is 0 Å². The molecule has 0 spiro atoms. The highest BCUT2D eigenvalue weighted by Gasteiger charge is 2.18. The molecule has 0 bridgehead atoms. The van der Waals surface area contributed by atoms with Crippen LogP contribution in [0, 0.1) is 0 Å². The fourth-order valence-corrected chi connectivity index (χ4v) is 3.43. The summed E-state index contributed by atoms with van der Waals surface area (Å²) in [5.41, 5.74) is 8.75. The lowest BCUT2D eigenvalue weighted by Crippen LogP contribution is -2.02. The second-order valence-corrected chi connectivity index (χ2v) is 7.01. The van der Waals surface area contributed by atoms with Gasteiger partial charge in [0.15, 0.2) is 5.65 Å². The number of para-hydroxylation sites is 1. The number of hydrogen-bond donors (Lipinski definition) is 2. The number of fused-ring (bicyclic) bond motifs is 1. The number of rotatable bonds is 5. The Morgan fingerprint density at radius 2 is 1.66 bits per heavy atom. The number of carboxylic acids is 1. The summed E-state index contributed by atoms with van der Waals surface area (Å²) in [5, 5.41) is 14.6. The first-order chi connectivity index (χ1) is 15.6. The van der Waals surface area contributed by atoms with E-state index in [1.165, 1.54) is 18.5 Å². The lowest BCUT2D eigenvalue weighted by atomic mass is 10.1. The van der Waals surface area contributed by atoms with Crippen molar-refractivity contribution in [2.45, 2.75) is 0 Å². The maximum atomic E-state index is 11.4. The zero-order valence-electron chi connectivity index (χ0n) is 16.7. The van der Waals surface area contributed by atoms with Gasteiger partial charge in [0.05, 0.1) is 16.6 Å². The Labute approximate surface area is 182 Å². The van der Waals surface area contributed by atoms with Gasteiger partial charge in [-0.3, -0.25) is 0 Å². The topological polar surface area (TPSA) is 116 Å². The summed E-state index contributed by atoms with van der Waals surface area (Å²) in [7, 11) is 0. The molecule has 0 amide bonds. The number of ether oxygens (including phenoxy) is 1. The van der Waals surface area contributed by atoms with Crippen LogP contribution in [-0.2, 0) is 0 Å². The quantitative estimate of drug-likeness (QED) is 0.426. The predicted octanol–water partition coefficient (Wildman–Crippen LogP) is 4.56. The number of carbonyl (C=O) groups is 1. The summed E-state index contributed by atoms with van der Waals surface area (Å²) in [4.78, 5) is 19.9. The van der Waals surface area contributed by atoms with E-state index in [-0.39, 0.29) is 11.4 Å². The van der Waals surface area contributed by atoms with E-state index >= 15 is 0 Å². The third-order valence-corrected chi connectivity index (χ3v) is 4.94. The highest BCUT2D eigenvalue weighted by molar-refractivity contribution is 5.99. The van der Waals surface area contributed by atoms with Gasteiger partial charge in [-0.15, -0.1) is 0 Å². The molecule has 0 atom stereocenters. The molecule has 8 nitrogen and oxygen atoms in total. The molecule has 3 aromatic carbocycles. The van der Waals surface area contributed by atoms with Crippen LogP contribution in [0.1, 0.15) is 10.4 Å². The Kier molecular flexibility index (Phi) is 4.72. The van der Waals surface area contributed by atoms with Gasteiger partial charge in [0.25, 0.3) is 0 Å². The van der Waals surface area contributed by atoms with Crippen molar-refractivity contribution in [2.75, 3.05) is 5.73 Å². The number of carboxylic acid groups (broad SMARTS) is 1. The van der Waals surface area contributed by atoms with Crippen molar-refractivity contribution in [1.29, 1.82) is 0 Å². The monoisotopic (exact) mass is 423 g/mol. The summed E-state index contributed by atoms with van der Waals surface area (Å²) in [6, 6.07) is 23.4. The number of aromatic carboxylic acids is 1. The third kappa shape index (κ3) is 3.50. The Bertz CT molecular complexity index is 1430. The zero-order chi connectivity index (χ0) is 22.1. The molecular weight excluding hydrogens is 406 g/mol. The third-order valence-electron chi connectivity index (χ3n) is 4.94. The highest BCUT2D eigenvalue weighted by atomic mass is 16.5. The molecule has 32 heavy (non-hydrogen) atoms. The molecule has 0 unspecified atom stereocenters. The van der Waals surface area contributed by atoms with Crippen LogP contribution >= 0.6 is 0 Å². The SMILES string of the molecule is Nc1ncnc2c1c(-c1ccc(Oc3ccccc3)cc1)nn2-c1cccc(C(=O)O)c1. The van der Waals surface area contributed by atoms with E-state index in [2.05, 4.69) is 9.97 Å². The Balaban J connectivity index is 1.59. The molecule has 0 aliphatic carbocycles. The fraction of sp³-hybridized carbons (Fsp3) is 0. The second-order valence-electron chi connectivity index (χ2n) is 7.01. The van der Waals surface area contributed by atoms with Crippen LogP contribution in [0.2, 0.25) is 0 Å². The van der Waals surface area contributed by atoms with E-state index < -0.39 is 5.97 Å². The maximum Gasteiger partial charge on any atom is 0.335 e. The first kappa shape index (κ1) is 19.3. The number of nitrogens with two attached hydrogens (primary N) is 1. The van der Waals surface area contributed by atoms with E-state index in [1.807, 2.05) is 54.6 Å². The first-order valence-electron chi connectivity index (χ1n) is 9.76. The van der Waals surface area contributed by atoms with Gasteiger partial charge in [-0.1, -0.05) is 24.3 Å². The highest BCUT2D eigenvalue weighted by Crippen LogP contribution is 2.33. The summed E-state index contributed by atoms with van der Waals surface area (Å²) >= 11 is 0. The Morgan fingerprint density at radius 1 is 0.906 bits per heavy atom. The molecule has 3 N–H and O–H groups in total. The minimum atomic E-state index is -1.02. The van der Waals surface area contributed by atoms with E-state index in [0.29, 0.717) is 28.2 Å². The standard InChI is InChI=1S/C24H17N5O3/c25-22-20-21(15-9-11-19(12-10-15)32-18-7-2-1-3-8-18)28-29(23(20)27-14-26-22)17-6-4-5-16(13-17)24(30)31/h1-14H,(H,30,31)(H2,25,26,27). The molecule has 0 radical (unpaired) electrons. The number of nitrogen functional groups attached to an aromatic ring is 1. The molecule has 0 aliphatic heterocycles. The lowest BCUT2D eigenvalue weighted by Gasteiger charge is -2.06. The van der Waals surface area contributed by atoms with Gasteiger partial charge < -0.3 is 15.6 Å². The van der Waals surface area contributed by atoms with Gasteiger partial charge in [0, 0.05) is 5.56 Å². The summed E-state index contributed by atoms with van der Waals surface area (Å²) in [6.45, 7) is 0. The molecule has 0 aliphatic rings. The first-order valence-corrected chi connectivity index (χ1v) is 9.76. The van der Waals surface area contributed by atoms with Crippen LogP contribution in [-0.4, -0.2) is 30.8 Å². The largest absolute Gasteiger partial charge is 0.478 e. The normalized spacial score (nSPS) is 10.9. The lowest BCUT2D eigenvalue weighted by molar-refractivity contribution is 0.0697. The predicted molar refractivity (Wildman–Crippen MR) is 120 cm³/mol. The van der Waals surface area contributed by atoms with Crippen LogP contribution in [0.25, 0.3) is 28.0 Å². The molecule has 0 fully saturated rings. The Hall–Kier alpha value is -4.72. The molecule has 156 valence electrons. The summed E-state index contributed by atoms with van der Waals surface area (Å²) in [5.74, 6) is 0.690. The van der Waals surface area contributed by atoms with E-state index in [9.17, 15) is 9.90 Å². The van der Waals surface area contributed by atoms with Crippen LogP contribution in [0.15, 0.2) is 85.2 Å². The average molecular weight is 423 g/mol. The van der Waals surface area contributed by atoms with Gasteiger partial charge in [0.1, 0.15) is 29.3 Å². The van der Waals surface area contributed by atoms with Crippen LogP contribution < -0.4 is 10.5 Å². The van der Waals surface area contributed by atoms with Crippen molar-refractivity contribution in [1.82, 2.24) is 19.7 Å². The number of benzene rings is 3. The molecule has 2 aromatic heterocycles. The molecule has 0 saturated heterocycles. The van der Waals surface area contributed by atoms with Gasteiger partial charge in [-0.25, -0.2) is 19.4 Å². The van der Waals surface area contributed by atoms with Gasteiger partial charge in [-0.05, 0) is 54.6 Å². The van der Waals surface area contributed by atoms with Crippen molar-refractivity contribution < 1.29 is 14.6 Å². The minimum Gasteiger partial charge on any atom is -0.478 e. The fourth-order valence-electron chi connectivity index (χ4n) is 3.43. The molecule has 8 heteroatoms. The Morgan fingerprint density at radius 3 is 2.41 bits per heavy atom. The smallest absolute Gasteiger partial charge is 0.335 e. The summed E-state index contributed by atoms with van der Waals surface area (Å²) in [6.07, 6.45) is 1.36. The number of aromatic nitrogens is 4. The second kappa shape index (κ2) is 7.84. The van der Waals surface area contributed by atoms with Crippen molar-refractivity contribution in [3.63, 3.8) is 0 Å². The average Bonchev–Trinajstić information content (AvgIpc) is 3.21. The zero-order valence-corrected chi connectivity index (χ0v) is 16.7. The minimum absolute atomic E-state index is 0.150. The number of nitrogens with zero attached hydrogens (tertiary/aromatic N) is 4. The number of hydrogen-bond acceptors (Lipinski definition) is 6. The maximum absolute atomic E-state index is 11.4. The van der Waals surface area contributed by atoms with Crippen molar-refractivity contribution >= 4 is 22.8 Å². The van der Waals surface area contributed by atoms with E-state index in [1.54, 1.807) is 16.8 Å². The molecular formula is C24H17N5O3. The summed E-state index contributed by atoms with van der Waals surface area (Å²) < 4.78 is 7.43. The van der Waals surface area contributed by atoms with Crippen molar-refractivity contribution in [3.05, 3.63) is 90.8 Å². The molecule has 0 saturated carbocycles. The van der Waals surface area contributed by atoms with E-state index in [0.717, 1.165) is 11.3 Å². The van der Waals surface area contributed by atoms with Gasteiger partial charge in [0.2, 0.25) is 0 Å². The van der Waals surface area contributed by atoms with Crippen LogP contribution in [0.3, 0.4) is 0 Å². The molecule has 5 rings (SSSR count). The van der Waals surface area contributed by atoms with Gasteiger partial charge in [-0.2, -0.15) is 5.10 Å². The van der Waals surface area contributed by atoms with Crippen molar-refractivity contribution in [3.8, 4) is 28.4 Å². The number of anilines is 1. The van der Waals surface area contributed by atoms with Crippen LogP contribution in [0.4, 0.5) is 5.82 Å². The van der Waals surface area contributed by atoms with Gasteiger partial charge >= 0.3 is 5.97 Å². The van der Waals surface area contributed by atoms with Crippen LogP contribution in [0.5, 0.6) is 11.5 Å². The molecule has 2 heterocycles. The van der Waals surface area contributed by atoms with E-state index in [4.69, 9.17) is 15.6 Å². The molecule has 5 aromatic rings.